The van der Waals surface area contributed by atoms with Crippen LogP contribution in [0.15, 0.2) is 23.3 Å². The summed E-state index contributed by atoms with van der Waals surface area (Å²) in [5, 5.41) is 0. The first-order chi connectivity index (χ1) is 8.24. The molecule has 0 radical (unpaired) electrons. The standard InChI is InChI=1S/C12H18N4O/c13-12(14)16-8-9-5-6-11(15-7-9)17-10-3-1-2-4-10/h5-7,10H,1-4,8H2,(H4,13,14,16). The fourth-order valence-electron chi connectivity index (χ4n) is 1.93. The van der Waals surface area contributed by atoms with Gasteiger partial charge in [0, 0.05) is 12.3 Å². The van der Waals surface area contributed by atoms with Gasteiger partial charge < -0.3 is 16.2 Å². The van der Waals surface area contributed by atoms with Crippen LogP contribution in [0.1, 0.15) is 31.2 Å². The van der Waals surface area contributed by atoms with E-state index >= 15 is 0 Å². The topological polar surface area (TPSA) is 86.5 Å². The molecule has 0 spiro atoms. The summed E-state index contributed by atoms with van der Waals surface area (Å²) >= 11 is 0. The van der Waals surface area contributed by atoms with Crippen LogP contribution in [-0.4, -0.2) is 17.0 Å². The summed E-state index contributed by atoms with van der Waals surface area (Å²) in [7, 11) is 0. The number of pyridine rings is 1. The highest BCUT2D eigenvalue weighted by Gasteiger charge is 2.16. The predicted octanol–water partition coefficient (Wildman–Crippen LogP) is 1.18. The number of nitrogens with two attached hydrogens (primary N) is 2. The van der Waals surface area contributed by atoms with Crippen molar-refractivity contribution in [3.8, 4) is 5.88 Å². The fourth-order valence-corrected chi connectivity index (χ4v) is 1.93. The summed E-state index contributed by atoms with van der Waals surface area (Å²) in [5.74, 6) is 0.779. The molecule has 2 rings (SSSR count). The van der Waals surface area contributed by atoms with Gasteiger partial charge in [-0.05, 0) is 31.2 Å². The van der Waals surface area contributed by atoms with Gasteiger partial charge in [-0.2, -0.15) is 0 Å². The van der Waals surface area contributed by atoms with E-state index in [0.717, 1.165) is 18.4 Å². The lowest BCUT2D eigenvalue weighted by molar-refractivity contribution is 0.201. The molecule has 0 bridgehead atoms. The van der Waals surface area contributed by atoms with Gasteiger partial charge in [-0.1, -0.05) is 6.07 Å². The molecule has 1 aliphatic rings. The van der Waals surface area contributed by atoms with Crippen molar-refractivity contribution in [3.05, 3.63) is 23.9 Å². The Hall–Kier alpha value is -1.78. The van der Waals surface area contributed by atoms with Gasteiger partial charge in [-0.3, -0.25) is 0 Å². The van der Waals surface area contributed by atoms with Crippen molar-refractivity contribution in [1.29, 1.82) is 0 Å². The molecule has 1 aliphatic carbocycles. The Morgan fingerprint density at radius 1 is 1.35 bits per heavy atom. The van der Waals surface area contributed by atoms with E-state index in [0.29, 0.717) is 18.5 Å². The number of nitrogens with zero attached hydrogens (tertiary/aromatic N) is 2. The Bertz CT molecular complexity index is 378. The lowest BCUT2D eigenvalue weighted by atomic mass is 10.3. The van der Waals surface area contributed by atoms with Crippen molar-refractivity contribution in [2.45, 2.75) is 38.3 Å². The van der Waals surface area contributed by atoms with Crippen molar-refractivity contribution in [1.82, 2.24) is 4.98 Å². The van der Waals surface area contributed by atoms with Crippen LogP contribution in [0.25, 0.3) is 0 Å². The van der Waals surface area contributed by atoms with Crippen molar-refractivity contribution in [3.63, 3.8) is 0 Å². The van der Waals surface area contributed by atoms with Crippen LogP contribution in [0, 0.1) is 0 Å². The molecule has 1 heterocycles. The minimum atomic E-state index is 0.0938. The van der Waals surface area contributed by atoms with Crippen molar-refractivity contribution in [2.24, 2.45) is 16.5 Å². The zero-order chi connectivity index (χ0) is 12.1. The molecule has 5 nitrogen and oxygen atoms in total. The maximum absolute atomic E-state index is 5.76. The molecule has 1 fully saturated rings. The molecule has 1 saturated carbocycles. The molecule has 0 aliphatic heterocycles. The molecule has 0 aromatic carbocycles. The molecule has 17 heavy (non-hydrogen) atoms. The minimum Gasteiger partial charge on any atom is -0.474 e. The molecular formula is C12H18N4O. The lowest BCUT2D eigenvalue weighted by Gasteiger charge is -2.11. The zero-order valence-corrected chi connectivity index (χ0v) is 9.80. The van der Waals surface area contributed by atoms with E-state index in [2.05, 4.69) is 9.98 Å². The molecule has 0 unspecified atom stereocenters. The van der Waals surface area contributed by atoms with E-state index in [1.54, 1.807) is 6.20 Å². The largest absolute Gasteiger partial charge is 0.474 e. The summed E-state index contributed by atoms with van der Waals surface area (Å²) < 4.78 is 5.76. The molecule has 92 valence electrons. The smallest absolute Gasteiger partial charge is 0.213 e. The van der Waals surface area contributed by atoms with Gasteiger partial charge in [-0.15, -0.1) is 0 Å². The molecule has 0 atom stereocenters. The minimum absolute atomic E-state index is 0.0938. The number of hydrogen-bond acceptors (Lipinski definition) is 3. The third kappa shape index (κ3) is 3.62. The van der Waals surface area contributed by atoms with Crippen LogP contribution >= 0.6 is 0 Å². The normalized spacial score (nSPS) is 15.8. The summed E-state index contributed by atoms with van der Waals surface area (Å²) in [6.07, 6.45) is 6.87. The average molecular weight is 234 g/mol. The number of rotatable bonds is 4. The molecule has 1 aromatic rings. The number of aromatic nitrogens is 1. The third-order valence-electron chi connectivity index (χ3n) is 2.83. The van der Waals surface area contributed by atoms with E-state index in [-0.39, 0.29) is 5.96 Å². The lowest BCUT2D eigenvalue weighted by Crippen LogP contribution is -2.22. The number of aliphatic imine (C=N–C) groups is 1. The van der Waals surface area contributed by atoms with Crippen molar-refractivity contribution >= 4 is 5.96 Å². The maximum Gasteiger partial charge on any atom is 0.213 e. The fraction of sp³-hybridized carbons (Fsp3) is 0.500. The number of ether oxygens (including phenoxy) is 1. The highest BCUT2D eigenvalue weighted by Crippen LogP contribution is 2.22. The number of guanidine groups is 1. The van der Waals surface area contributed by atoms with Crippen LogP contribution in [0.5, 0.6) is 5.88 Å². The second-order valence-electron chi connectivity index (χ2n) is 4.27. The monoisotopic (exact) mass is 234 g/mol. The quantitative estimate of drug-likeness (QED) is 0.605. The summed E-state index contributed by atoms with van der Waals surface area (Å²) in [4.78, 5) is 8.17. The number of hydrogen-bond donors (Lipinski definition) is 2. The highest BCUT2D eigenvalue weighted by atomic mass is 16.5. The molecule has 5 heteroatoms. The van der Waals surface area contributed by atoms with Gasteiger partial charge in [0.05, 0.1) is 6.54 Å². The van der Waals surface area contributed by atoms with Gasteiger partial charge in [0.25, 0.3) is 0 Å². The van der Waals surface area contributed by atoms with Crippen LogP contribution in [0.2, 0.25) is 0 Å². The second kappa shape index (κ2) is 5.52. The first-order valence-corrected chi connectivity index (χ1v) is 5.91. The molecule has 0 saturated heterocycles. The Balaban J connectivity index is 1.90. The Morgan fingerprint density at radius 3 is 2.71 bits per heavy atom. The van der Waals surface area contributed by atoms with Crippen LogP contribution in [-0.2, 0) is 6.54 Å². The Kier molecular flexibility index (Phi) is 3.80. The first kappa shape index (κ1) is 11.7. The highest BCUT2D eigenvalue weighted by molar-refractivity contribution is 5.75. The molecular weight excluding hydrogens is 216 g/mol. The van der Waals surface area contributed by atoms with Crippen molar-refractivity contribution < 1.29 is 4.74 Å². The van der Waals surface area contributed by atoms with Crippen LogP contribution in [0.3, 0.4) is 0 Å². The molecule has 1 aromatic heterocycles. The SMILES string of the molecule is NC(N)=NCc1ccc(OC2CCCC2)nc1. The maximum atomic E-state index is 5.76. The Labute approximate surface area is 101 Å². The average Bonchev–Trinajstić information content (AvgIpc) is 2.81. The second-order valence-corrected chi connectivity index (χ2v) is 4.27. The van der Waals surface area contributed by atoms with E-state index in [1.165, 1.54) is 12.8 Å². The van der Waals surface area contributed by atoms with E-state index in [9.17, 15) is 0 Å². The predicted molar refractivity (Wildman–Crippen MR) is 66.6 cm³/mol. The summed E-state index contributed by atoms with van der Waals surface area (Å²) in [5.41, 5.74) is 11.5. The first-order valence-electron chi connectivity index (χ1n) is 5.91. The van der Waals surface area contributed by atoms with Gasteiger partial charge >= 0.3 is 0 Å². The Morgan fingerprint density at radius 2 is 2.12 bits per heavy atom. The van der Waals surface area contributed by atoms with Gasteiger partial charge in [0.15, 0.2) is 5.96 Å². The van der Waals surface area contributed by atoms with Gasteiger partial charge in [0.2, 0.25) is 5.88 Å². The summed E-state index contributed by atoms with van der Waals surface area (Å²) in [6.45, 7) is 0.457. The third-order valence-corrected chi connectivity index (χ3v) is 2.83. The van der Waals surface area contributed by atoms with Crippen molar-refractivity contribution in [2.75, 3.05) is 0 Å². The molecule has 0 amide bonds. The van der Waals surface area contributed by atoms with Gasteiger partial charge in [-0.25, -0.2) is 9.98 Å². The van der Waals surface area contributed by atoms with Crippen LogP contribution < -0.4 is 16.2 Å². The van der Waals surface area contributed by atoms with E-state index in [4.69, 9.17) is 16.2 Å². The summed E-state index contributed by atoms with van der Waals surface area (Å²) in [6, 6.07) is 3.81. The van der Waals surface area contributed by atoms with Crippen LogP contribution in [0.4, 0.5) is 0 Å². The van der Waals surface area contributed by atoms with Gasteiger partial charge in [0.1, 0.15) is 6.10 Å². The van der Waals surface area contributed by atoms with E-state index < -0.39 is 0 Å². The zero-order valence-electron chi connectivity index (χ0n) is 9.80. The van der Waals surface area contributed by atoms with E-state index in [1.807, 2.05) is 12.1 Å². The molecule has 4 N–H and O–H groups in total.